The maximum atomic E-state index is 6.18. The Labute approximate surface area is 109 Å². The molecule has 1 aromatic heterocycles. The molecule has 0 aliphatic carbocycles. The third kappa shape index (κ3) is 2.84. The summed E-state index contributed by atoms with van der Waals surface area (Å²) in [5.41, 5.74) is 8.16. The van der Waals surface area contributed by atoms with Crippen LogP contribution in [0.5, 0.6) is 5.75 Å². The highest BCUT2D eigenvalue weighted by atomic mass is 79.9. The van der Waals surface area contributed by atoms with Crippen molar-refractivity contribution in [3.8, 4) is 5.75 Å². The van der Waals surface area contributed by atoms with Gasteiger partial charge in [-0.25, -0.2) is 0 Å². The predicted octanol–water partition coefficient (Wildman–Crippen LogP) is 2.90. The van der Waals surface area contributed by atoms with Crippen LogP contribution in [-0.2, 0) is 0 Å². The first-order valence-corrected chi connectivity index (χ1v) is 6.00. The van der Waals surface area contributed by atoms with E-state index in [1.807, 2.05) is 30.3 Å². The number of rotatable bonds is 3. The third-order valence-corrected chi connectivity index (χ3v) is 3.09. The molecule has 1 aromatic carbocycles. The zero-order chi connectivity index (χ0) is 12.3. The molecular formula is C13H13BrN2O. The van der Waals surface area contributed by atoms with Crippen LogP contribution >= 0.6 is 15.9 Å². The Balaban J connectivity index is 2.29. The molecule has 0 radical (unpaired) electrons. The number of hydrogen-bond acceptors (Lipinski definition) is 3. The molecule has 88 valence electrons. The second-order valence-electron chi connectivity index (χ2n) is 3.69. The summed E-state index contributed by atoms with van der Waals surface area (Å²) >= 11 is 3.40. The lowest BCUT2D eigenvalue weighted by molar-refractivity contribution is 0.412. The van der Waals surface area contributed by atoms with Crippen molar-refractivity contribution in [2.75, 3.05) is 7.11 Å². The second kappa shape index (κ2) is 5.29. The molecule has 0 saturated carbocycles. The van der Waals surface area contributed by atoms with Crippen LogP contribution in [0.4, 0.5) is 0 Å². The van der Waals surface area contributed by atoms with E-state index < -0.39 is 0 Å². The average Bonchev–Trinajstić information content (AvgIpc) is 2.39. The Kier molecular flexibility index (Phi) is 3.76. The van der Waals surface area contributed by atoms with E-state index in [1.54, 1.807) is 19.5 Å². The number of pyridine rings is 1. The highest BCUT2D eigenvalue weighted by Gasteiger charge is 2.09. The molecule has 0 amide bonds. The lowest BCUT2D eigenvalue weighted by Gasteiger charge is -2.13. The Morgan fingerprint density at radius 3 is 2.53 bits per heavy atom. The van der Waals surface area contributed by atoms with Crippen molar-refractivity contribution in [2.45, 2.75) is 6.04 Å². The van der Waals surface area contributed by atoms with Crippen molar-refractivity contribution in [3.63, 3.8) is 0 Å². The quantitative estimate of drug-likeness (QED) is 0.946. The minimum Gasteiger partial charge on any atom is -0.495 e. The van der Waals surface area contributed by atoms with Crippen molar-refractivity contribution < 1.29 is 4.74 Å². The van der Waals surface area contributed by atoms with Crippen LogP contribution in [0.25, 0.3) is 0 Å². The van der Waals surface area contributed by atoms with Crippen molar-refractivity contribution in [3.05, 3.63) is 58.3 Å². The molecule has 3 nitrogen and oxygen atoms in total. The zero-order valence-electron chi connectivity index (χ0n) is 9.43. The maximum Gasteiger partial charge on any atom is 0.137 e. The maximum absolute atomic E-state index is 6.18. The van der Waals surface area contributed by atoms with Gasteiger partial charge >= 0.3 is 0 Å². The molecule has 0 saturated heterocycles. The highest BCUT2D eigenvalue weighted by Crippen LogP contribution is 2.23. The van der Waals surface area contributed by atoms with Crippen molar-refractivity contribution in [2.24, 2.45) is 5.73 Å². The van der Waals surface area contributed by atoms with Crippen LogP contribution in [0.15, 0.2) is 47.2 Å². The van der Waals surface area contributed by atoms with Crippen LogP contribution in [-0.4, -0.2) is 12.1 Å². The second-order valence-corrected chi connectivity index (χ2v) is 4.60. The van der Waals surface area contributed by atoms with E-state index in [1.165, 1.54) is 0 Å². The standard InChI is InChI=1S/C13H13BrN2O/c1-17-12-6-10(7-16-8-12)13(15)9-2-4-11(14)5-3-9/h2-8,13H,15H2,1H3. The van der Waals surface area contributed by atoms with Gasteiger partial charge in [-0.3, -0.25) is 4.98 Å². The molecule has 2 aromatic rings. The number of ether oxygens (including phenoxy) is 1. The summed E-state index contributed by atoms with van der Waals surface area (Å²) in [6.07, 6.45) is 3.42. The van der Waals surface area contributed by atoms with Gasteiger partial charge in [0.25, 0.3) is 0 Å². The zero-order valence-corrected chi connectivity index (χ0v) is 11.0. The normalized spacial score (nSPS) is 12.2. The Hall–Kier alpha value is -1.39. The summed E-state index contributed by atoms with van der Waals surface area (Å²) in [5, 5.41) is 0. The van der Waals surface area contributed by atoms with Crippen LogP contribution < -0.4 is 10.5 Å². The lowest BCUT2D eigenvalue weighted by atomic mass is 10.0. The number of benzene rings is 1. The van der Waals surface area contributed by atoms with Gasteiger partial charge in [0, 0.05) is 10.7 Å². The number of methoxy groups -OCH3 is 1. The molecule has 4 heteroatoms. The van der Waals surface area contributed by atoms with Gasteiger partial charge < -0.3 is 10.5 Å². The number of halogens is 1. The SMILES string of the molecule is COc1cncc(C(N)c2ccc(Br)cc2)c1. The summed E-state index contributed by atoms with van der Waals surface area (Å²) in [7, 11) is 1.62. The van der Waals surface area contributed by atoms with E-state index >= 15 is 0 Å². The molecule has 2 rings (SSSR count). The minimum atomic E-state index is -0.189. The van der Waals surface area contributed by atoms with E-state index in [0.717, 1.165) is 21.3 Å². The summed E-state index contributed by atoms with van der Waals surface area (Å²) in [6, 6.07) is 9.65. The van der Waals surface area contributed by atoms with E-state index in [0.29, 0.717) is 0 Å². The summed E-state index contributed by atoms with van der Waals surface area (Å²) < 4.78 is 6.17. The van der Waals surface area contributed by atoms with Crippen molar-refractivity contribution in [1.82, 2.24) is 4.98 Å². The fraction of sp³-hybridized carbons (Fsp3) is 0.154. The van der Waals surface area contributed by atoms with Crippen molar-refractivity contribution >= 4 is 15.9 Å². The molecule has 1 heterocycles. The Morgan fingerprint density at radius 2 is 1.88 bits per heavy atom. The molecule has 17 heavy (non-hydrogen) atoms. The van der Waals surface area contributed by atoms with Gasteiger partial charge in [-0.15, -0.1) is 0 Å². The molecular weight excluding hydrogens is 280 g/mol. The fourth-order valence-electron chi connectivity index (χ4n) is 1.58. The van der Waals surface area contributed by atoms with Gasteiger partial charge in [-0.1, -0.05) is 28.1 Å². The summed E-state index contributed by atoms with van der Waals surface area (Å²) in [4.78, 5) is 4.11. The lowest BCUT2D eigenvalue weighted by Crippen LogP contribution is -2.12. The van der Waals surface area contributed by atoms with Crippen LogP contribution in [0.2, 0.25) is 0 Å². The molecule has 0 fully saturated rings. The molecule has 1 unspecified atom stereocenters. The summed E-state index contributed by atoms with van der Waals surface area (Å²) in [5.74, 6) is 0.718. The van der Waals surface area contributed by atoms with Gasteiger partial charge in [0.2, 0.25) is 0 Å². The largest absolute Gasteiger partial charge is 0.495 e. The molecule has 0 aliphatic rings. The number of aromatic nitrogens is 1. The topological polar surface area (TPSA) is 48.1 Å². The third-order valence-electron chi connectivity index (χ3n) is 2.56. The smallest absolute Gasteiger partial charge is 0.137 e. The Morgan fingerprint density at radius 1 is 1.18 bits per heavy atom. The van der Waals surface area contributed by atoms with Crippen LogP contribution in [0, 0.1) is 0 Å². The van der Waals surface area contributed by atoms with Gasteiger partial charge in [0.05, 0.1) is 19.3 Å². The van der Waals surface area contributed by atoms with Gasteiger partial charge in [0.1, 0.15) is 5.75 Å². The predicted molar refractivity (Wildman–Crippen MR) is 71.0 cm³/mol. The van der Waals surface area contributed by atoms with Crippen LogP contribution in [0.1, 0.15) is 17.2 Å². The summed E-state index contributed by atoms with van der Waals surface area (Å²) in [6.45, 7) is 0. The highest BCUT2D eigenvalue weighted by molar-refractivity contribution is 9.10. The first-order valence-electron chi connectivity index (χ1n) is 5.20. The molecule has 0 aliphatic heterocycles. The van der Waals surface area contributed by atoms with Gasteiger partial charge in [-0.2, -0.15) is 0 Å². The number of nitrogens with two attached hydrogens (primary N) is 1. The first-order chi connectivity index (χ1) is 8.20. The average molecular weight is 293 g/mol. The first kappa shape index (κ1) is 12.1. The minimum absolute atomic E-state index is 0.189. The molecule has 0 spiro atoms. The van der Waals surface area contributed by atoms with Gasteiger partial charge in [-0.05, 0) is 29.3 Å². The van der Waals surface area contributed by atoms with Crippen molar-refractivity contribution in [1.29, 1.82) is 0 Å². The molecule has 0 bridgehead atoms. The number of hydrogen-bond donors (Lipinski definition) is 1. The van der Waals surface area contributed by atoms with Gasteiger partial charge in [0.15, 0.2) is 0 Å². The molecule has 1 atom stereocenters. The Bertz CT molecular complexity index is 499. The van der Waals surface area contributed by atoms with E-state index in [9.17, 15) is 0 Å². The molecule has 2 N–H and O–H groups in total. The van der Waals surface area contributed by atoms with E-state index in [2.05, 4.69) is 20.9 Å². The van der Waals surface area contributed by atoms with E-state index in [-0.39, 0.29) is 6.04 Å². The fourth-order valence-corrected chi connectivity index (χ4v) is 1.84. The number of nitrogens with zero attached hydrogens (tertiary/aromatic N) is 1. The van der Waals surface area contributed by atoms with Crippen LogP contribution in [0.3, 0.4) is 0 Å². The van der Waals surface area contributed by atoms with E-state index in [4.69, 9.17) is 10.5 Å². The monoisotopic (exact) mass is 292 g/mol.